The molecule has 0 saturated heterocycles. The minimum Gasteiger partial charge on any atom is -0.479 e. The standard InChI is InChI=1S/C14H10ClF2NO2/c15-9-4-8(5-11(17)6-9)13(14(19)20)18-12-3-1-2-10(16)7-12/h1-7,13,18H,(H,19,20). The van der Waals surface area contributed by atoms with Gasteiger partial charge in [-0.2, -0.15) is 0 Å². The van der Waals surface area contributed by atoms with Crippen molar-refractivity contribution < 1.29 is 18.7 Å². The van der Waals surface area contributed by atoms with Gasteiger partial charge >= 0.3 is 5.97 Å². The summed E-state index contributed by atoms with van der Waals surface area (Å²) in [5.74, 6) is -2.37. The minimum atomic E-state index is -1.23. The molecule has 2 aromatic rings. The summed E-state index contributed by atoms with van der Waals surface area (Å²) in [6.45, 7) is 0. The van der Waals surface area contributed by atoms with Crippen LogP contribution in [0.15, 0.2) is 42.5 Å². The zero-order chi connectivity index (χ0) is 14.7. The molecule has 104 valence electrons. The van der Waals surface area contributed by atoms with Gasteiger partial charge in [0, 0.05) is 10.7 Å². The van der Waals surface area contributed by atoms with E-state index in [4.69, 9.17) is 11.6 Å². The van der Waals surface area contributed by atoms with Crippen LogP contribution in [0.1, 0.15) is 11.6 Å². The minimum absolute atomic E-state index is 0.0901. The van der Waals surface area contributed by atoms with E-state index in [0.717, 1.165) is 18.2 Å². The largest absolute Gasteiger partial charge is 0.479 e. The molecule has 0 spiro atoms. The monoisotopic (exact) mass is 297 g/mol. The van der Waals surface area contributed by atoms with Crippen molar-refractivity contribution >= 4 is 23.3 Å². The van der Waals surface area contributed by atoms with Crippen LogP contribution in [0.5, 0.6) is 0 Å². The van der Waals surface area contributed by atoms with Crippen molar-refractivity contribution in [3.8, 4) is 0 Å². The molecular weight excluding hydrogens is 288 g/mol. The number of nitrogens with one attached hydrogen (secondary N) is 1. The molecule has 0 aliphatic heterocycles. The predicted molar refractivity (Wildman–Crippen MR) is 71.8 cm³/mol. The summed E-state index contributed by atoms with van der Waals surface area (Å²) >= 11 is 5.71. The van der Waals surface area contributed by atoms with Gasteiger partial charge in [-0.05, 0) is 42.0 Å². The van der Waals surface area contributed by atoms with Crippen molar-refractivity contribution in [2.75, 3.05) is 5.32 Å². The molecule has 3 nitrogen and oxygen atoms in total. The zero-order valence-corrected chi connectivity index (χ0v) is 10.9. The van der Waals surface area contributed by atoms with Crippen molar-refractivity contribution in [2.45, 2.75) is 6.04 Å². The first-order chi connectivity index (χ1) is 9.45. The van der Waals surface area contributed by atoms with Crippen LogP contribution in [0.2, 0.25) is 5.02 Å². The number of halogens is 3. The van der Waals surface area contributed by atoms with Gasteiger partial charge in [-0.15, -0.1) is 0 Å². The highest BCUT2D eigenvalue weighted by atomic mass is 35.5. The van der Waals surface area contributed by atoms with Gasteiger partial charge < -0.3 is 10.4 Å². The molecule has 0 fully saturated rings. The molecule has 1 atom stereocenters. The lowest BCUT2D eigenvalue weighted by molar-refractivity contribution is -0.138. The van der Waals surface area contributed by atoms with E-state index in [1.165, 1.54) is 24.3 Å². The maximum absolute atomic E-state index is 13.3. The molecule has 2 N–H and O–H groups in total. The van der Waals surface area contributed by atoms with E-state index >= 15 is 0 Å². The molecule has 6 heteroatoms. The second-order valence-electron chi connectivity index (χ2n) is 4.13. The number of carboxylic acids is 1. The van der Waals surface area contributed by atoms with Crippen LogP contribution < -0.4 is 5.32 Å². The topological polar surface area (TPSA) is 49.3 Å². The fourth-order valence-corrected chi connectivity index (χ4v) is 2.00. The Morgan fingerprint density at radius 2 is 1.90 bits per heavy atom. The fourth-order valence-electron chi connectivity index (χ4n) is 1.77. The number of hydrogen-bond acceptors (Lipinski definition) is 2. The Morgan fingerprint density at radius 1 is 1.15 bits per heavy atom. The Kier molecular flexibility index (Phi) is 4.20. The van der Waals surface area contributed by atoms with Crippen LogP contribution >= 0.6 is 11.6 Å². The first kappa shape index (κ1) is 14.3. The summed E-state index contributed by atoms with van der Waals surface area (Å²) in [5.41, 5.74) is 0.421. The van der Waals surface area contributed by atoms with E-state index in [0.29, 0.717) is 0 Å². The molecule has 0 heterocycles. The summed E-state index contributed by atoms with van der Waals surface area (Å²) in [6.07, 6.45) is 0. The quantitative estimate of drug-likeness (QED) is 0.901. The first-order valence-electron chi connectivity index (χ1n) is 5.66. The molecule has 2 rings (SSSR count). The van der Waals surface area contributed by atoms with Gasteiger partial charge in [0.2, 0.25) is 0 Å². The van der Waals surface area contributed by atoms with Gasteiger partial charge in [0.25, 0.3) is 0 Å². The third kappa shape index (κ3) is 3.45. The second-order valence-corrected chi connectivity index (χ2v) is 4.57. The predicted octanol–water partition coefficient (Wildman–Crippen LogP) is 3.86. The summed E-state index contributed by atoms with van der Waals surface area (Å²) in [6, 6.07) is 7.59. The van der Waals surface area contributed by atoms with Gasteiger partial charge in [-0.3, -0.25) is 0 Å². The highest BCUT2D eigenvalue weighted by Gasteiger charge is 2.21. The molecule has 2 aromatic carbocycles. The van der Waals surface area contributed by atoms with E-state index in [-0.39, 0.29) is 16.3 Å². The summed E-state index contributed by atoms with van der Waals surface area (Å²) < 4.78 is 26.4. The molecule has 0 aliphatic carbocycles. The average Bonchev–Trinajstić information content (AvgIpc) is 2.34. The fraction of sp³-hybridized carbons (Fsp3) is 0.0714. The zero-order valence-electron chi connectivity index (χ0n) is 10.1. The normalized spacial score (nSPS) is 11.9. The van der Waals surface area contributed by atoms with Crippen LogP contribution in [0.4, 0.5) is 14.5 Å². The number of carbonyl (C=O) groups is 1. The molecule has 20 heavy (non-hydrogen) atoms. The van der Waals surface area contributed by atoms with Crippen LogP contribution in [-0.4, -0.2) is 11.1 Å². The molecule has 1 unspecified atom stereocenters. The number of aliphatic carboxylic acids is 1. The number of carboxylic acid groups (broad SMARTS) is 1. The van der Waals surface area contributed by atoms with Crippen LogP contribution in [-0.2, 0) is 4.79 Å². The Hall–Kier alpha value is -2.14. The van der Waals surface area contributed by atoms with Gasteiger partial charge in [0.05, 0.1) is 0 Å². The Morgan fingerprint density at radius 3 is 2.50 bits per heavy atom. The molecule has 0 bridgehead atoms. The molecule has 0 radical (unpaired) electrons. The smallest absolute Gasteiger partial charge is 0.330 e. The van der Waals surface area contributed by atoms with Crippen molar-refractivity contribution in [1.29, 1.82) is 0 Å². The van der Waals surface area contributed by atoms with E-state index in [2.05, 4.69) is 5.32 Å². The third-order valence-corrected chi connectivity index (χ3v) is 2.82. The van der Waals surface area contributed by atoms with Crippen molar-refractivity contribution in [2.24, 2.45) is 0 Å². The maximum Gasteiger partial charge on any atom is 0.330 e. The SMILES string of the molecule is O=C(O)C(Nc1cccc(F)c1)c1cc(F)cc(Cl)c1. The number of anilines is 1. The van der Waals surface area contributed by atoms with E-state index in [1.54, 1.807) is 0 Å². The average molecular weight is 298 g/mol. The Bertz CT molecular complexity index is 629. The van der Waals surface area contributed by atoms with Crippen LogP contribution in [0.25, 0.3) is 0 Å². The number of hydrogen-bond donors (Lipinski definition) is 2. The van der Waals surface area contributed by atoms with Crippen LogP contribution in [0, 0.1) is 11.6 Å². The van der Waals surface area contributed by atoms with E-state index < -0.39 is 23.6 Å². The summed E-state index contributed by atoms with van der Waals surface area (Å²) in [4.78, 5) is 11.3. The molecule has 0 aromatic heterocycles. The lowest BCUT2D eigenvalue weighted by atomic mass is 10.1. The number of rotatable bonds is 4. The van der Waals surface area contributed by atoms with Gasteiger partial charge in [0.15, 0.2) is 6.04 Å². The summed E-state index contributed by atoms with van der Waals surface area (Å²) in [5, 5.41) is 11.9. The Labute approximate surface area is 118 Å². The third-order valence-electron chi connectivity index (χ3n) is 2.60. The maximum atomic E-state index is 13.3. The molecule has 0 saturated carbocycles. The lowest BCUT2D eigenvalue weighted by Crippen LogP contribution is -2.20. The van der Waals surface area contributed by atoms with Gasteiger partial charge in [0.1, 0.15) is 11.6 Å². The Balaban J connectivity index is 2.34. The molecule has 0 amide bonds. The van der Waals surface area contributed by atoms with Crippen LogP contribution in [0.3, 0.4) is 0 Å². The van der Waals surface area contributed by atoms with E-state index in [1.807, 2.05) is 0 Å². The highest BCUT2D eigenvalue weighted by molar-refractivity contribution is 6.30. The molecule has 0 aliphatic rings. The van der Waals surface area contributed by atoms with Crippen molar-refractivity contribution in [3.63, 3.8) is 0 Å². The van der Waals surface area contributed by atoms with Crippen molar-refractivity contribution in [1.82, 2.24) is 0 Å². The summed E-state index contributed by atoms with van der Waals surface area (Å²) in [7, 11) is 0. The lowest BCUT2D eigenvalue weighted by Gasteiger charge is -2.16. The highest BCUT2D eigenvalue weighted by Crippen LogP contribution is 2.24. The van der Waals surface area contributed by atoms with E-state index in [9.17, 15) is 18.7 Å². The second kappa shape index (κ2) is 5.88. The van der Waals surface area contributed by atoms with Gasteiger partial charge in [-0.25, -0.2) is 13.6 Å². The first-order valence-corrected chi connectivity index (χ1v) is 6.04. The number of benzene rings is 2. The van der Waals surface area contributed by atoms with Gasteiger partial charge in [-0.1, -0.05) is 17.7 Å². The van der Waals surface area contributed by atoms with Crippen molar-refractivity contribution in [3.05, 3.63) is 64.7 Å². The molecular formula is C14H10ClF2NO2.